The van der Waals surface area contributed by atoms with Crippen molar-refractivity contribution >= 4 is 17.3 Å². The Morgan fingerprint density at radius 1 is 1.24 bits per heavy atom. The highest BCUT2D eigenvalue weighted by Crippen LogP contribution is 2.38. The lowest BCUT2D eigenvalue weighted by molar-refractivity contribution is 0.340. The maximum Gasteiger partial charge on any atom is 0.137 e. The minimum absolute atomic E-state index is 0.236. The van der Waals surface area contributed by atoms with Crippen molar-refractivity contribution in [2.24, 2.45) is 0 Å². The van der Waals surface area contributed by atoms with Crippen LogP contribution in [0.25, 0.3) is 0 Å². The van der Waals surface area contributed by atoms with E-state index in [4.69, 9.17) is 21.1 Å². The molecular weight excluding hydrogens is 286 g/mol. The molecule has 0 saturated heterocycles. The SMILES string of the molecule is CCOc1ccc2c(c1)CC(c1ccc(OC)c(Cl)c1)N2. The topological polar surface area (TPSA) is 30.5 Å². The van der Waals surface area contributed by atoms with Crippen molar-refractivity contribution in [2.45, 2.75) is 19.4 Å². The number of nitrogens with one attached hydrogen (secondary N) is 1. The summed E-state index contributed by atoms with van der Waals surface area (Å²) in [5, 5.41) is 4.17. The second kappa shape index (κ2) is 5.86. The number of fused-ring (bicyclic) bond motifs is 1. The van der Waals surface area contributed by atoms with Gasteiger partial charge in [0.25, 0.3) is 0 Å². The normalized spacial score (nSPS) is 16.2. The van der Waals surface area contributed by atoms with Crippen molar-refractivity contribution in [2.75, 3.05) is 19.0 Å². The maximum absolute atomic E-state index is 6.21. The van der Waals surface area contributed by atoms with Crippen LogP contribution in [-0.4, -0.2) is 13.7 Å². The molecule has 0 aromatic heterocycles. The van der Waals surface area contributed by atoms with Gasteiger partial charge in [-0.3, -0.25) is 0 Å². The lowest BCUT2D eigenvalue weighted by atomic mass is 10.0. The van der Waals surface area contributed by atoms with Gasteiger partial charge in [0.1, 0.15) is 11.5 Å². The van der Waals surface area contributed by atoms with Crippen LogP contribution in [0.15, 0.2) is 36.4 Å². The average Bonchev–Trinajstić information content (AvgIpc) is 2.90. The molecule has 21 heavy (non-hydrogen) atoms. The minimum atomic E-state index is 0.236. The molecule has 4 heteroatoms. The van der Waals surface area contributed by atoms with Gasteiger partial charge in [-0.2, -0.15) is 0 Å². The Morgan fingerprint density at radius 3 is 2.81 bits per heavy atom. The standard InChI is InChI=1S/C17H18ClNO2/c1-3-21-13-5-6-15-12(8-13)10-16(19-15)11-4-7-17(20-2)14(18)9-11/h4-9,16,19H,3,10H2,1-2H3. The first-order chi connectivity index (χ1) is 10.2. The Bertz CT molecular complexity index is 657. The summed E-state index contributed by atoms with van der Waals surface area (Å²) < 4.78 is 10.8. The van der Waals surface area contributed by atoms with Gasteiger partial charge in [0, 0.05) is 5.69 Å². The van der Waals surface area contributed by atoms with Crippen molar-refractivity contribution in [1.29, 1.82) is 0 Å². The molecule has 3 rings (SSSR count). The maximum atomic E-state index is 6.21. The third kappa shape index (κ3) is 2.79. The first kappa shape index (κ1) is 14.1. The minimum Gasteiger partial charge on any atom is -0.495 e. The molecule has 1 N–H and O–H groups in total. The van der Waals surface area contributed by atoms with E-state index in [-0.39, 0.29) is 6.04 Å². The molecule has 110 valence electrons. The Hall–Kier alpha value is -1.87. The van der Waals surface area contributed by atoms with Crippen LogP contribution in [0.2, 0.25) is 5.02 Å². The van der Waals surface area contributed by atoms with E-state index in [1.54, 1.807) is 7.11 Å². The molecule has 2 aromatic rings. The number of hydrogen-bond donors (Lipinski definition) is 1. The van der Waals surface area contributed by atoms with Crippen LogP contribution in [0.5, 0.6) is 11.5 Å². The predicted molar refractivity (Wildman–Crippen MR) is 85.7 cm³/mol. The van der Waals surface area contributed by atoms with Crippen LogP contribution < -0.4 is 14.8 Å². The van der Waals surface area contributed by atoms with E-state index in [1.165, 1.54) is 5.56 Å². The van der Waals surface area contributed by atoms with E-state index in [0.29, 0.717) is 17.4 Å². The quantitative estimate of drug-likeness (QED) is 0.905. The second-order valence-corrected chi connectivity index (χ2v) is 5.45. The van der Waals surface area contributed by atoms with Crippen LogP contribution in [0, 0.1) is 0 Å². The average molecular weight is 304 g/mol. The lowest BCUT2D eigenvalue weighted by Crippen LogP contribution is -2.05. The molecule has 3 nitrogen and oxygen atoms in total. The zero-order valence-electron chi connectivity index (χ0n) is 12.2. The number of halogens is 1. The first-order valence-corrected chi connectivity index (χ1v) is 7.44. The number of rotatable bonds is 4. The van der Waals surface area contributed by atoms with Gasteiger partial charge in [0.05, 0.1) is 24.8 Å². The highest BCUT2D eigenvalue weighted by atomic mass is 35.5. The summed E-state index contributed by atoms with van der Waals surface area (Å²) in [6.07, 6.45) is 0.929. The van der Waals surface area contributed by atoms with Gasteiger partial charge in [-0.05, 0) is 54.8 Å². The van der Waals surface area contributed by atoms with E-state index in [2.05, 4.69) is 23.5 Å². The molecule has 1 aliphatic heterocycles. The Morgan fingerprint density at radius 2 is 2.10 bits per heavy atom. The second-order valence-electron chi connectivity index (χ2n) is 5.05. The molecule has 0 spiro atoms. The van der Waals surface area contributed by atoms with Gasteiger partial charge >= 0.3 is 0 Å². The summed E-state index contributed by atoms with van der Waals surface area (Å²) in [4.78, 5) is 0. The number of hydrogen-bond acceptors (Lipinski definition) is 3. The molecule has 1 unspecified atom stereocenters. The summed E-state index contributed by atoms with van der Waals surface area (Å²) in [5.41, 5.74) is 3.60. The van der Waals surface area contributed by atoms with Gasteiger partial charge in [-0.1, -0.05) is 17.7 Å². The Labute approximate surface area is 129 Å². The van der Waals surface area contributed by atoms with E-state index >= 15 is 0 Å². The Kier molecular flexibility index (Phi) is 3.93. The number of anilines is 1. The molecule has 0 bridgehead atoms. The number of ether oxygens (including phenoxy) is 2. The van der Waals surface area contributed by atoms with Crippen molar-refractivity contribution < 1.29 is 9.47 Å². The van der Waals surface area contributed by atoms with E-state index in [0.717, 1.165) is 23.4 Å². The van der Waals surface area contributed by atoms with Crippen molar-refractivity contribution in [3.8, 4) is 11.5 Å². The third-order valence-corrected chi connectivity index (χ3v) is 4.02. The number of benzene rings is 2. The first-order valence-electron chi connectivity index (χ1n) is 7.07. The van der Waals surface area contributed by atoms with Crippen LogP contribution in [0.3, 0.4) is 0 Å². The highest BCUT2D eigenvalue weighted by Gasteiger charge is 2.23. The highest BCUT2D eigenvalue weighted by molar-refractivity contribution is 6.32. The largest absolute Gasteiger partial charge is 0.495 e. The molecule has 0 radical (unpaired) electrons. The predicted octanol–water partition coefficient (Wildman–Crippen LogP) is 4.46. The zero-order chi connectivity index (χ0) is 14.8. The summed E-state index contributed by atoms with van der Waals surface area (Å²) in [6, 6.07) is 12.3. The monoisotopic (exact) mass is 303 g/mol. The van der Waals surface area contributed by atoms with Gasteiger partial charge in [0.15, 0.2) is 0 Å². The third-order valence-electron chi connectivity index (χ3n) is 3.72. The van der Waals surface area contributed by atoms with Gasteiger partial charge < -0.3 is 14.8 Å². The zero-order valence-corrected chi connectivity index (χ0v) is 12.9. The van der Waals surface area contributed by atoms with Crippen molar-refractivity contribution in [1.82, 2.24) is 0 Å². The summed E-state index contributed by atoms with van der Waals surface area (Å²) in [7, 11) is 1.62. The fraction of sp³-hybridized carbons (Fsp3) is 0.294. The summed E-state index contributed by atoms with van der Waals surface area (Å²) in [5.74, 6) is 1.63. The van der Waals surface area contributed by atoms with E-state index in [9.17, 15) is 0 Å². The van der Waals surface area contributed by atoms with Crippen LogP contribution >= 0.6 is 11.6 Å². The van der Waals surface area contributed by atoms with Crippen molar-refractivity contribution in [3.63, 3.8) is 0 Å². The Balaban J connectivity index is 1.82. The smallest absolute Gasteiger partial charge is 0.137 e. The van der Waals surface area contributed by atoms with E-state index < -0.39 is 0 Å². The molecule has 0 aliphatic carbocycles. The van der Waals surface area contributed by atoms with Crippen molar-refractivity contribution in [3.05, 3.63) is 52.5 Å². The lowest BCUT2D eigenvalue weighted by Gasteiger charge is -2.13. The molecule has 1 aliphatic rings. The van der Waals surface area contributed by atoms with Crippen LogP contribution in [0.1, 0.15) is 24.1 Å². The molecule has 1 atom stereocenters. The molecule has 0 fully saturated rings. The van der Waals surface area contributed by atoms with Crippen LogP contribution in [0.4, 0.5) is 5.69 Å². The molecule has 1 heterocycles. The fourth-order valence-corrected chi connectivity index (χ4v) is 2.96. The molecule has 0 amide bonds. The van der Waals surface area contributed by atoms with Gasteiger partial charge in [-0.25, -0.2) is 0 Å². The van der Waals surface area contributed by atoms with Crippen LogP contribution in [-0.2, 0) is 6.42 Å². The van der Waals surface area contributed by atoms with Gasteiger partial charge in [-0.15, -0.1) is 0 Å². The van der Waals surface area contributed by atoms with Gasteiger partial charge in [0.2, 0.25) is 0 Å². The molecule has 0 saturated carbocycles. The molecule has 2 aromatic carbocycles. The summed E-state index contributed by atoms with van der Waals surface area (Å²) in [6.45, 7) is 2.68. The number of methoxy groups -OCH3 is 1. The molecular formula is C17H18ClNO2. The van der Waals surface area contributed by atoms with E-state index in [1.807, 2.05) is 25.1 Å². The fourth-order valence-electron chi connectivity index (χ4n) is 2.70. The summed E-state index contributed by atoms with van der Waals surface area (Å²) >= 11 is 6.21.